The first kappa shape index (κ1) is 12.4. The van der Waals surface area contributed by atoms with Gasteiger partial charge in [-0.05, 0) is 18.2 Å². The molecule has 1 heterocycles. The number of nitrogens with one attached hydrogen (secondary N) is 1. The minimum atomic E-state index is -4.50. The van der Waals surface area contributed by atoms with Crippen LogP contribution in [-0.2, 0) is 11.0 Å². The van der Waals surface area contributed by atoms with E-state index in [1.165, 1.54) is 0 Å². The van der Waals surface area contributed by atoms with Crippen LogP contribution in [0.1, 0.15) is 17.3 Å². The average Bonchev–Trinajstić information content (AvgIpc) is 2.69. The first-order chi connectivity index (χ1) is 8.30. The van der Waals surface area contributed by atoms with E-state index >= 15 is 0 Å². The van der Waals surface area contributed by atoms with Gasteiger partial charge in [-0.15, -0.1) is 0 Å². The molecule has 1 unspecified atom stereocenters. The number of aromatic amines is 1. The Balaban J connectivity index is 2.60. The maximum absolute atomic E-state index is 12.5. The summed E-state index contributed by atoms with van der Waals surface area (Å²) in [5, 5.41) is 14.9. The molecule has 0 aliphatic rings. The summed E-state index contributed by atoms with van der Waals surface area (Å²) in [5.74, 6) is -1.35. The molecule has 0 saturated carbocycles. The molecular weight excluding hydrogens is 251 g/mol. The predicted molar refractivity (Wildman–Crippen MR) is 55.7 cm³/mol. The molecule has 4 N–H and O–H groups in total. The Bertz CT molecular complexity index is 606. The van der Waals surface area contributed by atoms with Crippen molar-refractivity contribution in [2.45, 2.75) is 12.2 Å². The molecule has 0 radical (unpaired) electrons. The number of halogens is 3. The third kappa shape index (κ3) is 2.02. The highest BCUT2D eigenvalue weighted by Gasteiger charge is 2.31. The number of rotatable bonds is 2. The number of aliphatic carboxylic acids is 1. The van der Waals surface area contributed by atoms with E-state index < -0.39 is 23.8 Å². The van der Waals surface area contributed by atoms with Gasteiger partial charge in [0, 0.05) is 5.39 Å². The predicted octanol–water partition coefficient (Wildman–Crippen LogP) is 1.67. The summed E-state index contributed by atoms with van der Waals surface area (Å²) in [5.41, 5.74) is 4.65. The second-order valence-corrected chi connectivity index (χ2v) is 3.68. The average molecular weight is 259 g/mol. The number of aromatic nitrogens is 2. The largest absolute Gasteiger partial charge is 0.480 e. The molecule has 1 aromatic heterocycles. The molecule has 2 aromatic rings. The molecule has 18 heavy (non-hydrogen) atoms. The maximum Gasteiger partial charge on any atom is 0.416 e. The summed E-state index contributed by atoms with van der Waals surface area (Å²) >= 11 is 0. The number of carboxylic acids is 1. The summed E-state index contributed by atoms with van der Waals surface area (Å²) in [4.78, 5) is 10.7. The van der Waals surface area contributed by atoms with Crippen molar-refractivity contribution in [1.29, 1.82) is 0 Å². The monoisotopic (exact) mass is 259 g/mol. The number of fused-ring (bicyclic) bond motifs is 1. The zero-order valence-electron chi connectivity index (χ0n) is 8.82. The van der Waals surface area contributed by atoms with Crippen LogP contribution < -0.4 is 5.73 Å². The van der Waals surface area contributed by atoms with Crippen LogP contribution in [0.3, 0.4) is 0 Å². The molecule has 0 aliphatic heterocycles. The molecule has 0 bridgehead atoms. The van der Waals surface area contributed by atoms with Gasteiger partial charge in [0.05, 0.1) is 16.8 Å². The van der Waals surface area contributed by atoms with E-state index in [0.29, 0.717) is 0 Å². The van der Waals surface area contributed by atoms with Crippen LogP contribution in [0.25, 0.3) is 10.9 Å². The Labute approximate surface area is 98.4 Å². The number of hydrogen-bond donors (Lipinski definition) is 3. The quantitative estimate of drug-likeness (QED) is 0.764. The highest BCUT2D eigenvalue weighted by Crippen LogP contribution is 2.32. The third-order valence-electron chi connectivity index (χ3n) is 2.49. The molecule has 0 saturated heterocycles. The zero-order valence-corrected chi connectivity index (χ0v) is 8.82. The van der Waals surface area contributed by atoms with Gasteiger partial charge in [0.2, 0.25) is 0 Å². The number of alkyl halides is 3. The molecule has 96 valence electrons. The molecule has 5 nitrogen and oxygen atoms in total. The van der Waals surface area contributed by atoms with Gasteiger partial charge in [0.1, 0.15) is 6.04 Å². The Hall–Kier alpha value is -2.09. The Morgan fingerprint density at radius 1 is 1.44 bits per heavy atom. The fourth-order valence-electron chi connectivity index (χ4n) is 1.57. The number of carboxylic acid groups (broad SMARTS) is 1. The Morgan fingerprint density at radius 2 is 2.11 bits per heavy atom. The SMILES string of the molecule is NC(C(=O)O)c1[nH]nc2ccc(C(F)(F)F)cc12. The van der Waals surface area contributed by atoms with E-state index in [4.69, 9.17) is 10.8 Å². The van der Waals surface area contributed by atoms with Crippen molar-refractivity contribution in [3.63, 3.8) is 0 Å². The van der Waals surface area contributed by atoms with Crippen LogP contribution in [0.15, 0.2) is 18.2 Å². The third-order valence-corrected chi connectivity index (χ3v) is 2.49. The van der Waals surface area contributed by atoms with Gasteiger partial charge in [-0.2, -0.15) is 18.3 Å². The summed E-state index contributed by atoms with van der Waals surface area (Å²) in [7, 11) is 0. The number of nitrogens with zero attached hydrogens (tertiary/aromatic N) is 1. The van der Waals surface area contributed by atoms with Gasteiger partial charge in [0.15, 0.2) is 0 Å². The van der Waals surface area contributed by atoms with Gasteiger partial charge >= 0.3 is 12.1 Å². The van der Waals surface area contributed by atoms with E-state index in [-0.39, 0.29) is 16.6 Å². The van der Waals surface area contributed by atoms with E-state index in [1.807, 2.05) is 0 Å². The molecule has 0 aliphatic carbocycles. The lowest BCUT2D eigenvalue weighted by Crippen LogP contribution is -2.21. The van der Waals surface area contributed by atoms with Crippen molar-refractivity contribution in [2.24, 2.45) is 5.73 Å². The van der Waals surface area contributed by atoms with Crippen molar-refractivity contribution in [3.05, 3.63) is 29.5 Å². The lowest BCUT2D eigenvalue weighted by atomic mass is 10.1. The van der Waals surface area contributed by atoms with Crippen molar-refractivity contribution >= 4 is 16.9 Å². The van der Waals surface area contributed by atoms with Crippen molar-refractivity contribution in [2.75, 3.05) is 0 Å². The standard InChI is InChI=1S/C10H8F3N3O2/c11-10(12,13)4-1-2-6-5(3-4)8(16-15-6)7(14)9(17)18/h1-3,7H,14H2,(H,15,16)(H,17,18). The molecule has 0 amide bonds. The summed E-state index contributed by atoms with van der Waals surface area (Å²) < 4.78 is 37.6. The first-order valence-electron chi connectivity index (χ1n) is 4.84. The van der Waals surface area contributed by atoms with E-state index in [9.17, 15) is 18.0 Å². The zero-order chi connectivity index (χ0) is 13.5. The van der Waals surface area contributed by atoms with Crippen LogP contribution >= 0.6 is 0 Å². The van der Waals surface area contributed by atoms with Crippen LogP contribution in [0, 0.1) is 0 Å². The fourth-order valence-corrected chi connectivity index (χ4v) is 1.57. The molecular formula is C10H8F3N3O2. The Morgan fingerprint density at radius 3 is 2.67 bits per heavy atom. The number of carbonyl (C=O) groups is 1. The normalized spacial score (nSPS) is 13.8. The van der Waals surface area contributed by atoms with E-state index in [1.54, 1.807) is 0 Å². The molecule has 8 heteroatoms. The van der Waals surface area contributed by atoms with E-state index in [2.05, 4.69) is 10.2 Å². The first-order valence-corrected chi connectivity index (χ1v) is 4.84. The lowest BCUT2D eigenvalue weighted by molar-refractivity contribution is -0.139. The minimum absolute atomic E-state index is 0.0522. The van der Waals surface area contributed by atoms with Gasteiger partial charge < -0.3 is 10.8 Å². The number of nitrogens with two attached hydrogens (primary N) is 1. The number of hydrogen-bond acceptors (Lipinski definition) is 3. The Kier molecular flexibility index (Phi) is 2.74. The molecule has 0 fully saturated rings. The number of H-pyrrole nitrogens is 1. The summed E-state index contributed by atoms with van der Waals surface area (Å²) in [6.07, 6.45) is -4.50. The van der Waals surface area contributed by atoms with Gasteiger partial charge in [-0.3, -0.25) is 9.89 Å². The fraction of sp³-hybridized carbons (Fsp3) is 0.200. The van der Waals surface area contributed by atoms with Crippen LogP contribution in [0.4, 0.5) is 13.2 Å². The topological polar surface area (TPSA) is 92.0 Å². The van der Waals surface area contributed by atoms with E-state index in [0.717, 1.165) is 18.2 Å². The molecule has 1 atom stereocenters. The van der Waals surface area contributed by atoms with Crippen LogP contribution in [0.2, 0.25) is 0 Å². The second-order valence-electron chi connectivity index (χ2n) is 3.68. The highest BCUT2D eigenvalue weighted by atomic mass is 19.4. The minimum Gasteiger partial charge on any atom is -0.480 e. The molecule has 0 spiro atoms. The summed E-state index contributed by atoms with van der Waals surface area (Å²) in [6, 6.07) is 1.42. The van der Waals surface area contributed by atoms with Gasteiger partial charge in [0.25, 0.3) is 0 Å². The van der Waals surface area contributed by atoms with Crippen molar-refractivity contribution in [1.82, 2.24) is 10.2 Å². The number of benzene rings is 1. The second kappa shape index (κ2) is 3.98. The van der Waals surface area contributed by atoms with Crippen LogP contribution in [-0.4, -0.2) is 21.3 Å². The highest BCUT2D eigenvalue weighted by molar-refractivity contribution is 5.87. The van der Waals surface area contributed by atoms with Gasteiger partial charge in [-0.1, -0.05) is 0 Å². The van der Waals surface area contributed by atoms with Crippen molar-refractivity contribution < 1.29 is 23.1 Å². The van der Waals surface area contributed by atoms with Gasteiger partial charge in [-0.25, -0.2) is 0 Å². The van der Waals surface area contributed by atoms with Crippen molar-refractivity contribution in [3.8, 4) is 0 Å². The summed E-state index contributed by atoms with van der Waals surface area (Å²) in [6.45, 7) is 0. The molecule has 2 rings (SSSR count). The van der Waals surface area contributed by atoms with Crippen LogP contribution in [0.5, 0.6) is 0 Å². The smallest absolute Gasteiger partial charge is 0.416 e. The maximum atomic E-state index is 12.5. The lowest BCUT2D eigenvalue weighted by Gasteiger charge is -2.07. The molecule has 1 aromatic carbocycles.